The first-order valence-corrected chi connectivity index (χ1v) is 7.14. The largest absolute Gasteiger partial charge is 0.345 e. The zero-order valence-corrected chi connectivity index (χ0v) is 13.1. The average Bonchev–Trinajstić information content (AvgIpc) is 2.47. The fraction of sp³-hybridized carbons (Fsp3) is 0.133. The van der Waals surface area contributed by atoms with Crippen LogP contribution in [0.25, 0.3) is 0 Å². The van der Waals surface area contributed by atoms with Gasteiger partial charge in [0.15, 0.2) is 0 Å². The number of hydrogen-bond acceptors (Lipinski definition) is 3. The zero-order chi connectivity index (χ0) is 16.3. The van der Waals surface area contributed by atoms with Gasteiger partial charge in [0, 0.05) is 17.2 Å². The highest BCUT2D eigenvalue weighted by Crippen LogP contribution is 2.23. The van der Waals surface area contributed by atoms with Gasteiger partial charge in [-0.25, -0.2) is 0 Å². The number of benzene rings is 2. The topological polar surface area (TPSA) is 72.2 Å². The van der Waals surface area contributed by atoms with Crippen LogP contribution < -0.4 is 5.32 Å². The number of amides is 1. The van der Waals surface area contributed by atoms with Crippen LogP contribution in [0.5, 0.6) is 0 Å². The van der Waals surface area contributed by atoms with E-state index >= 15 is 0 Å². The van der Waals surface area contributed by atoms with Gasteiger partial charge >= 0.3 is 0 Å². The number of rotatable bonds is 4. The number of nitrogens with one attached hydrogen (secondary N) is 1. The van der Waals surface area contributed by atoms with Crippen LogP contribution in [0.1, 0.15) is 28.9 Å². The minimum absolute atomic E-state index is 0.0370. The number of halogens is 2. The summed E-state index contributed by atoms with van der Waals surface area (Å²) in [5.41, 5.74) is 0.913. The van der Waals surface area contributed by atoms with Crippen LogP contribution in [0, 0.1) is 10.1 Å². The summed E-state index contributed by atoms with van der Waals surface area (Å²) in [6.45, 7) is 1.82. The molecular formula is C15H12Cl2N2O3. The van der Waals surface area contributed by atoms with Crippen molar-refractivity contribution in [2.24, 2.45) is 0 Å². The number of non-ortho nitro benzene ring substituents is 1. The van der Waals surface area contributed by atoms with Gasteiger partial charge in [-0.3, -0.25) is 14.9 Å². The standard InChI is InChI=1S/C15H12Cl2N2O3/c1-9(10-2-4-11(16)5-3-10)18-15(20)13-7-6-12(19(21)22)8-14(13)17/h2-9H,1H3,(H,18,20). The molecule has 0 aliphatic carbocycles. The van der Waals surface area contributed by atoms with E-state index in [4.69, 9.17) is 23.2 Å². The minimum Gasteiger partial charge on any atom is -0.345 e. The molecule has 1 atom stereocenters. The fourth-order valence-electron chi connectivity index (χ4n) is 1.91. The van der Waals surface area contributed by atoms with Gasteiger partial charge in [-0.05, 0) is 30.7 Å². The van der Waals surface area contributed by atoms with E-state index in [1.807, 2.05) is 19.1 Å². The van der Waals surface area contributed by atoms with Crippen LogP contribution in [-0.2, 0) is 0 Å². The number of carbonyl (C=O) groups is 1. The van der Waals surface area contributed by atoms with Crippen LogP contribution in [-0.4, -0.2) is 10.8 Å². The summed E-state index contributed by atoms with van der Waals surface area (Å²) in [5, 5.41) is 14.1. The van der Waals surface area contributed by atoms with Crippen molar-refractivity contribution in [2.75, 3.05) is 0 Å². The quantitative estimate of drug-likeness (QED) is 0.663. The van der Waals surface area contributed by atoms with Crippen molar-refractivity contribution in [3.8, 4) is 0 Å². The lowest BCUT2D eigenvalue weighted by Gasteiger charge is -2.15. The monoisotopic (exact) mass is 338 g/mol. The third-order valence-electron chi connectivity index (χ3n) is 3.13. The SMILES string of the molecule is CC(NC(=O)c1ccc([N+](=O)[O-])cc1Cl)c1ccc(Cl)cc1. The Morgan fingerprint density at radius 1 is 1.18 bits per heavy atom. The molecule has 5 nitrogen and oxygen atoms in total. The molecule has 1 unspecified atom stereocenters. The molecule has 114 valence electrons. The van der Waals surface area contributed by atoms with E-state index in [0.29, 0.717) is 5.02 Å². The fourth-order valence-corrected chi connectivity index (χ4v) is 2.30. The molecule has 0 aromatic heterocycles. The number of nitro benzene ring substituents is 1. The summed E-state index contributed by atoms with van der Waals surface area (Å²) in [6.07, 6.45) is 0. The van der Waals surface area contributed by atoms with Gasteiger partial charge in [0.2, 0.25) is 0 Å². The summed E-state index contributed by atoms with van der Waals surface area (Å²) >= 11 is 11.8. The normalized spacial score (nSPS) is 11.8. The summed E-state index contributed by atoms with van der Waals surface area (Å²) in [4.78, 5) is 22.3. The average molecular weight is 339 g/mol. The molecule has 2 rings (SSSR count). The highest BCUT2D eigenvalue weighted by molar-refractivity contribution is 6.34. The molecule has 2 aromatic rings. The van der Waals surface area contributed by atoms with Crippen LogP contribution in [0.3, 0.4) is 0 Å². The second-order valence-electron chi connectivity index (χ2n) is 4.67. The smallest absolute Gasteiger partial charge is 0.270 e. The predicted molar refractivity (Wildman–Crippen MR) is 85.4 cm³/mol. The Balaban J connectivity index is 2.15. The number of nitro groups is 1. The van der Waals surface area contributed by atoms with E-state index in [-0.39, 0.29) is 22.3 Å². The second-order valence-corrected chi connectivity index (χ2v) is 5.51. The summed E-state index contributed by atoms with van der Waals surface area (Å²) < 4.78 is 0. The molecule has 0 aliphatic rings. The van der Waals surface area contributed by atoms with Gasteiger partial charge in [-0.2, -0.15) is 0 Å². The van der Waals surface area contributed by atoms with Gasteiger partial charge in [-0.1, -0.05) is 35.3 Å². The van der Waals surface area contributed by atoms with Gasteiger partial charge < -0.3 is 5.32 Å². The van der Waals surface area contributed by atoms with E-state index in [0.717, 1.165) is 11.6 Å². The molecule has 22 heavy (non-hydrogen) atoms. The molecule has 0 heterocycles. The highest BCUT2D eigenvalue weighted by atomic mass is 35.5. The van der Waals surface area contributed by atoms with Crippen LogP contribution in [0.2, 0.25) is 10.0 Å². The Hall–Kier alpha value is -2.11. The maximum atomic E-state index is 12.2. The molecule has 0 saturated carbocycles. The van der Waals surface area contributed by atoms with Crippen molar-refractivity contribution in [1.82, 2.24) is 5.32 Å². The van der Waals surface area contributed by atoms with Crippen LogP contribution in [0.4, 0.5) is 5.69 Å². The van der Waals surface area contributed by atoms with E-state index in [1.54, 1.807) is 12.1 Å². The van der Waals surface area contributed by atoms with E-state index in [2.05, 4.69) is 5.32 Å². The molecule has 1 N–H and O–H groups in total. The molecule has 0 bridgehead atoms. The molecule has 0 fully saturated rings. The summed E-state index contributed by atoms with van der Waals surface area (Å²) in [7, 11) is 0. The molecule has 0 saturated heterocycles. The number of nitrogens with zero attached hydrogens (tertiary/aromatic N) is 1. The van der Waals surface area contributed by atoms with Gasteiger partial charge in [0.1, 0.15) is 0 Å². The van der Waals surface area contributed by atoms with E-state index in [1.165, 1.54) is 12.1 Å². The first-order valence-electron chi connectivity index (χ1n) is 6.38. The van der Waals surface area contributed by atoms with Crippen molar-refractivity contribution in [3.05, 3.63) is 73.8 Å². The lowest BCUT2D eigenvalue weighted by atomic mass is 10.1. The van der Waals surface area contributed by atoms with Crippen molar-refractivity contribution < 1.29 is 9.72 Å². The first kappa shape index (κ1) is 16.3. The van der Waals surface area contributed by atoms with Crippen molar-refractivity contribution in [3.63, 3.8) is 0 Å². The van der Waals surface area contributed by atoms with Gasteiger partial charge in [-0.15, -0.1) is 0 Å². The summed E-state index contributed by atoms with van der Waals surface area (Å²) in [6, 6.07) is 10.6. The van der Waals surface area contributed by atoms with Gasteiger partial charge in [0.05, 0.1) is 21.6 Å². The maximum absolute atomic E-state index is 12.2. The lowest BCUT2D eigenvalue weighted by molar-refractivity contribution is -0.384. The molecule has 2 aromatic carbocycles. The Kier molecular flexibility index (Phi) is 5.00. The Morgan fingerprint density at radius 2 is 1.82 bits per heavy atom. The molecule has 0 aliphatic heterocycles. The van der Waals surface area contributed by atoms with Crippen molar-refractivity contribution in [2.45, 2.75) is 13.0 Å². The van der Waals surface area contributed by atoms with Crippen molar-refractivity contribution in [1.29, 1.82) is 0 Å². The first-order chi connectivity index (χ1) is 10.4. The van der Waals surface area contributed by atoms with E-state index in [9.17, 15) is 14.9 Å². The molecule has 1 amide bonds. The Labute approximate surface area is 137 Å². The molecule has 0 radical (unpaired) electrons. The second kappa shape index (κ2) is 6.77. The zero-order valence-electron chi connectivity index (χ0n) is 11.5. The summed E-state index contributed by atoms with van der Waals surface area (Å²) in [5.74, 6) is -0.401. The number of hydrogen-bond donors (Lipinski definition) is 1. The number of carbonyl (C=O) groups excluding carboxylic acids is 1. The molecular weight excluding hydrogens is 327 g/mol. The lowest BCUT2D eigenvalue weighted by Crippen LogP contribution is -2.26. The predicted octanol–water partition coefficient (Wildman–Crippen LogP) is 4.39. The maximum Gasteiger partial charge on any atom is 0.270 e. The Morgan fingerprint density at radius 3 is 2.36 bits per heavy atom. The minimum atomic E-state index is -0.566. The highest BCUT2D eigenvalue weighted by Gasteiger charge is 2.17. The molecule has 0 spiro atoms. The van der Waals surface area contributed by atoms with Crippen LogP contribution in [0.15, 0.2) is 42.5 Å². The third-order valence-corrected chi connectivity index (χ3v) is 3.69. The van der Waals surface area contributed by atoms with Crippen LogP contribution >= 0.6 is 23.2 Å². The van der Waals surface area contributed by atoms with E-state index < -0.39 is 10.8 Å². The Bertz CT molecular complexity index is 717. The van der Waals surface area contributed by atoms with Crippen molar-refractivity contribution >= 4 is 34.8 Å². The molecule has 7 heteroatoms. The van der Waals surface area contributed by atoms with Gasteiger partial charge in [0.25, 0.3) is 11.6 Å². The third kappa shape index (κ3) is 3.75.